The zero-order chi connectivity index (χ0) is 30.3. The molecular formula is C33H40BrN3O4S. The van der Waals surface area contributed by atoms with Crippen LogP contribution in [-0.4, -0.2) is 50.0 Å². The molecule has 7 nitrogen and oxygen atoms in total. The third-order valence-electron chi connectivity index (χ3n) is 7.76. The molecule has 1 fully saturated rings. The normalized spacial score (nSPS) is 14.7. The Kier molecular flexibility index (Phi) is 10.8. The van der Waals surface area contributed by atoms with E-state index in [1.165, 1.54) is 0 Å². The van der Waals surface area contributed by atoms with E-state index in [0.717, 1.165) is 69.4 Å². The van der Waals surface area contributed by atoms with Crippen LogP contribution in [-0.2, 0) is 32.6 Å². The lowest BCUT2D eigenvalue weighted by Crippen LogP contribution is -2.55. The number of halogens is 1. The molecule has 0 radical (unpaired) electrons. The molecule has 0 heterocycles. The molecule has 0 spiro atoms. The molecule has 3 aromatic rings. The molecule has 1 aliphatic rings. The van der Waals surface area contributed by atoms with Crippen molar-refractivity contribution in [2.75, 3.05) is 17.1 Å². The van der Waals surface area contributed by atoms with Crippen molar-refractivity contribution in [3.63, 3.8) is 0 Å². The number of hydrogen-bond acceptors (Lipinski definition) is 4. The van der Waals surface area contributed by atoms with Gasteiger partial charge < -0.3 is 10.2 Å². The molecule has 224 valence electrons. The fourth-order valence-corrected chi connectivity index (χ4v) is 6.96. The van der Waals surface area contributed by atoms with E-state index in [1.54, 1.807) is 11.0 Å². The van der Waals surface area contributed by atoms with Gasteiger partial charge in [0.05, 0.1) is 11.9 Å². The molecule has 1 N–H and O–H groups in total. The van der Waals surface area contributed by atoms with Gasteiger partial charge in [0.25, 0.3) is 0 Å². The molecule has 1 saturated carbocycles. The van der Waals surface area contributed by atoms with Crippen LogP contribution in [0.1, 0.15) is 54.4 Å². The summed E-state index contributed by atoms with van der Waals surface area (Å²) >= 11 is 3.52. The topological polar surface area (TPSA) is 86.8 Å². The van der Waals surface area contributed by atoms with Crippen molar-refractivity contribution in [1.82, 2.24) is 10.2 Å². The SMILES string of the molecule is Cc1ccc(N(CC(=O)N(Cc2cccc(Br)c2)[C@H](Cc2ccccc2)C(=O)NC2CCCCC2)S(C)(=O)=O)c(C)c1. The first-order valence-electron chi connectivity index (χ1n) is 14.4. The molecule has 0 saturated heterocycles. The molecule has 0 unspecified atom stereocenters. The van der Waals surface area contributed by atoms with E-state index in [-0.39, 0.29) is 18.5 Å². The second kappa shape index (κ2) is 14.3. The minimum atomic E-state index is -3.81. The predicted molar refractivity (Wildman–Crippen MR) is 172 cm³/mol. The van der Waals surface area contributed by atoms with Crippen LogP contribution in [0.15, 0.2) is 77.3 Å². The van der Waals surface area contributed by atoms with Crippen LogP contribution >= 0.6 is 15.9 Å². The average molecular weight is 655 g/mol. The van der Waals surface area contributed by atoms with E-state index in [2.05, 4.69) is 21.2 Å². The largest absolute Gasteiger partial charge is 0.352 e. The van der Waals surface area contributed by atoms with Gasteiger partial charge in [-0.1, -0.05) is 95.4 Å². The molecule has 3 aromatic carbocycles. The van der Waals surface area contributed by atoms with E-state index in [9.17, 15) is 18.0 Å². The lowest BCUT2D eigenvalue weighted by Gasteiger charge is -2.35. The van der Waals surface area contributed by atoms with Crippen molar-refractivity contribution in [2.24, 2.45) is 0 Å². The highest BCUT2D eigenvalue weighted by Crippen LogP contribution is 2.25. The van der Waals surface area contributed by atoms with E-state index >= 15 is 0 Å². The Morgan fingerprint density at radius 2 is 1.62 bits per heavy atom. The zero-order valence-electron chi connectivity index (χ0n) is 24.6. The summed E-state index contributed by atoms with van der Waals surface area (Å²) in [4.78, 5) is 29.9. The molecule has 1 aliphatic carbocycles. The maximum Gasteiger partial charge on any atom is 0.244 e. The van der Waals surface area contributed by atoms with Gasteiger partial charge in [-0.05, 0) is 61.6 Å². The predicted octanol–water partition coefficient (Wildman–Crippen LogP) is 5.92. The van der Waals surface area contributed by atoms with Gasteiger partial charge in [0, 0.05) is 23.5 Å². The molecule has 42 heavy (non-hydrogen) atoms. The third kappa shape index (κ3) is 8.67. The standard InChI is InChI=1S/C33H40BrN3O4S/c1-24-17-18-30(25(2)19-24)37(42(3,40)41)23-32(38)36(22-27-13-10-14-28(34)20-27)31(21-26-11-6-4-7-12-26)33(39)35-29-15-8-5-9-16-29/h4,6-7,10-14,17-20,29,31H,5,8-9,15-16,21-23H2,1-3H3,(H,35,39)/t31-/m1/s1. The monoisotopic (exact) mass is 653 g/mol. The number of benzene rings is 3. The van der Waals surface area contributed by atoms with Crippen LogP contribution in [0.3, 0.4) is 0 Å². The van der Waals surface area contributed by atoms with Gasteiger partial charge in [0.1, 0.15) is 12.6 Å². The summed E-state index contributed by atoms with van der Waals surface area (Å²) in [7, 11) is -3.81. The highest BCUT2D eigenvalue weighted by Gasteiger charge is 2.34. The lowest BCUT2D eigenvalue weighted by atomic mass is 9.94. The molecule has 2 amide bonds. The molecule has 4 rings (SSSR count). The number of anilines is 1. The van der Waals surface area contributed by atoms with Gasteiger partial charge in [-0.3, -0.25) is 13.9 Å². The van der Waals surface area contributed by atoms with Gasteiger partial charge >= 0.3 is 0 Å². The third-order valence-corrected chi connectivity index (χ3v) is 9.38. The highest BCUT2D eigenvalue weighted by molar-refractivity contribution is 9.10. The van der Waals surface area contributed by atoms with Crippen LogP contribution < -0.4 is 9.62 Å². The minimum absolute atomic E-state index is 0.0649. The van der Waals surface area contributed by atoms with Crippen molar-refractivity contribution in [1.29, 1.82) is 0 Å². The molecule has 0 aromatic heterocycles. The summed E-state index contributed by atoms with van der Waals surface area (Å²) in [6, 6.07) is 21.9. The molecule has 9 heteroatoms. The fraction of sp³-hybridized carbons (Fsp3) is 0.394. The number of aryl methyl sites for hydroxylation is 2. The summed E-state index contributed by atoms with van der Waals surface area (Å²) in [5.74, 6) is -0.661. The molecule has 0 aliphatic heterocycles. The highest BCUT2D eigenvalue weighted by atomic mass is 79.9. The number of rotatable bonds is 11. The first kappa shape index (κ1) is 31.8. The maximum absolute atomic E-state index is 14.3. The molecular weight excluding hydrogens is 614 g/mol. The Bertz CT molecular complexity index is 1490. The van der Waals surface area contributed by atoms with E-state index in [4.69, 9.17) is 0 Å². The summed E-state index contributed by atoms with van der Waals surface area (Å²) in [5.41, 5.74) is 3.95. The number of hydrogen-bond donors (Lipinski definition) is 1. The van der Waals surface area contributed by atoms with Gasteiger partial charge in [0.15, 0.2) is 0 Å². The zero-order valence-corrected chi connectivity index (χ0v) is 27.0. The van der Waals surface area contributed by atoms with Crippen LogP contribution in [0.5, 0.6) is 0 Å². The van der Waals surface area contributed by atoms with Crippen molar-refractivity contribution >= 4 is 43.5 Å². The Labute approximate surface area is 258 Å². The average Bonchev–Trinajstić information content (AvgIpc) is 2.94. The number of sulfonamides is 1. The van der Waals surface area contributed by atoms with E-state index in [1.807, 2.05) is 80.6 Å². The number of nitrogens with one attached hydrogen (secondary N) is 1. The number of amides is 2. The minimum Gasteiger partial charge on any atom is -0.352 e. The summed E-state index contributed by atoms with van der Waals surface area (Å²) in [6.45, 7) is 3.50. The van der Waals surface area contributed by atoms with Crippen LogP contribution in [0.25, 0.3) is 0 Å². The fourth-order valence-electron chi connectivity index (χ4n) is 5.61. The smallest absolute Gasteiger partial charge is 0.244 e. The summed E-state index contributed by atoms with van der Waals surface area (Å²) in [5, 5.41) is 3.23. The van der Waals surface area contributed by atoms with Gasteiger partial charge in [-0.15, -0.1) is 0 Å². The maximum atomic E-state index is 14.3. The Balaban J connectivity index is 1.74. The Morgan fingerprint density at radius 3 is 2.26 bits per heavy atom. The van der Waals surface area contributed by atoms with Gasteiger partial charge in [0.2, 0.25) is 21.8 Å². The lowest BCUT2D eigenvalue weighted by molar-refractivity contribution is -0.140. The second-order valence-electron chi connectivity index (χ2n) is 11.3. The van der Waals surface area contributed by atoms with Crippen LogP contribution in [0.4, 0.5) is 5.69 Å². The van der Waals surface area contributed by atoms with Crippen LogP contribution in [0, 0.1) is 13.8 Å². The Morgan fingerprint density at radius 1 is 0.929 bits per heavy atom. The number of nitrogens with zero attached hydrogens (tertiary/aromatic N) is 2. The first-order chi connectivity index (χ1) is 20.0. The molecule has 0 bridgehead atoms. The van der Waals surface area contributed by atoms with Crippen molar-refractivity contribution in [2.45, 2.75) is 71.0 Å². The summed E-state index contributed by atoms with van der Waals surface area (Å²) in [6.07, 6.45) is 6.53. The van der Waals surface area contributed by atoms with Crippen molar-refractivity contribution in [3.05, 3.63) is 99.5 Å². The number of carbonyl (C=O) groups is 2. The van der Waals surface area contributed by atoms with E-state index < -0.39 is 28.5 Å². The van der Waals surface area contributed by atoms with Gasteiger partial charge in [-0.2, -0.15) is 0 Å². The first-order valence-corrected chi connectivity index (χ1v) is 17.1. The van der Waals surface area contributed by atoms with E-state index in [0.29, 0.717) is 12.1 Å². The van der Waals surface area contributed by atoms with Crippen molar-refractivity contribution < 1.29 is 18.0 Å². The second-order valence-corrected chi connectivity index (χ2v) is 14.1. The summed E-state index contributed by atoms with van der Waals surface area (Å²) < 4.78 is 28.1. The van der Waals surface area contributed by atoms with Crippen LogP contribution in [0.2, 0.25) is 0 Å². The molecule has 1 atom stereocenters. The number of carbonyl (C=O) groups excluding carboxylic acids is 2. The quantitative estimate of drug-likeness (QED) is 0.278. The van der Waals surface area contributed by atoms with Gasteiger partial charge in [-0.25, -0.2) is 8.42 Å². The Hall–Kier alpha value is -3.17. The van der Waals surface area contributed by atoms with Crippen molar-refractivity contribution in [3.8, 4) is 0 Å².